The number of H-pyrrole nitrogens is 1. The van der Waals surface area contributed by atoms with E-state index in [0.29, 0.717) is 18.4 Å². The number of aromatic amines is 1. The molecule has 1 aliphatic carbocycles. The fourth-order valence-corrected chi connectivity index (χ4v) is 4.37. The summed E-state index contributed by atoms with van der Waals surface area (Å²) < 4.78 is 1.90. The van der Waals surface area contributed by atoms with E-state index >= 15 is 0 Å². The standard InChI is InChI=1S/C21H25N5O/c1-15-4-2-5-17-18(15)24-19(23-17)16-6-12-25(13-7-16)20(27)21(8-9-21)14-26-11-3-10-22-26/h2-5,10-11,16H,6-9,12-14H2,1H3,(H,23,24). The van der Waals surface area contributed by atoms with Crippen LogP contribution in [-0.2, 0) is 11.3 Å². The van der Waals surface area contributed by atoms with Gasteiger partial charge in [-0.3, -0.25) is 9.48 Å². The number of imidazole rings is 1. The van der Waals surface area contributed by atoms with Crippen molar-refractivity contribution in [1.82, 2.24) is 24.6 Å². The highest BCUT2D eigenvalue weighted by molar-refractivity contribution is 5.85. The topological polar surface area (TPSA) is 66.8 Å². The van der Waals surface area contributed by atoms with Crippen molar-refractivity contribution < 1.29 is 4.79 Å². The van der Waals surface area contributed by atoms with Gasteiger partial charge in [-0.15, -0.1) is 0 Å². The van der Waals surface area contributed by atoms with Gasteiger partial charge >= 0.3 is 0 Å². The molecule has 1 N–H and O–H groups in total. The number of para-hydroxylation sites is 1. The third kappa shape index (κ3) is 2.93. The number of piperidine rings is 1. The fraction of sp³-hybridized carbons (Fsp3) is 0.476. The number of carbonyl (C=O) groups is 1. The molecule has 2 aliphatic rings. The Morgan fingerprint density at radius 2 is 2.07 bits per heavy atom. The molecule has 6 nitrogen and oxygen atoms in total. The van der Waals surface area contributed by atoms with Crippen LogP contribution in [0, 0.1) is 12.3 Å². The van der Waals surface area contributed by atoms with E-state index in [0.717, 1.165) is 55.6 Å². The first-order chi connectivity index (χ1) is 13.1. The van der Waals surface area contributed by atoms with Crippen LogP contribution in [0.2, 0.25) is 0 Å². The van der Waals surface area contributed by atoms with Gasteiger partial charge in [-0.1, -0.05) is 12.1 Å². The molecule has 0 bridgehead atoms. The molecule has 0 spiro atoms. The molecule has 1 aromatic carbocycles. The normalized spacial score (nSPS) is 19.5. The first-order valence-corrected chi connectivity index (χ1v) is 9.87. The van der Waals surface area contributed by atoms with Crippen molar-refractivity contribution in [1.29, 1.82) is 0 Å². The fourth-order valence-electron chi connectivity index (χ4n) is 4.37. The molecular formula is C21H25N5O. The highest BCUT2D eigenvalue weighted by atomic mass is 16.2. The summed E-state index contributed by atoms with van der Waals surface area (Å²) in [7, 11) is 0. The lowest BCUT2D eigenvalue weighted by Gasteiger charge is -2.33. The predicted molar refractivity (Wildman–Crippen MR) is 103 cm³/mol. The molecule has 5 rings (SSSR count). The van der Waals surface area contributed by atoms with Gasteiger partial charge < -0.3 is 9.88 Å². The van der Waals surface area contributed by atoms with E-state index in [9.17, 15) is 4.79 Å². The van der Waals surface area contributed by atoms with Crippen LogP contribution in [0.5, 0.6) is 0 Å². The number of amides is 1. The number of carbonyl (C=O) groups excluding carboxylic acids is 1. The first-order valence-electron chi connectivity index (χ1n) is 9.87. The average Bonchev–Trinajstić information content (AvgIpc) is 3.07. The predicted octanol–water partition coefficient (Wildman–Crippen LogP) is 3.25. The zero-order valence-corrected chi connectivity index (χ0v) is 15.7. The van der Waals surface area contributed by atoms with Crippen LogP contribution in [0.15, 0.2) is 36.7 Å². The molecule has 0 unspecified atom stereocenters. The van der Waals surface area contributed by atoms with Crippen LogP contribution >= 0.6 is 0 Å². The van der Waals surface area contributed by atoms with Gasteiger partial charge in [-0.25, -0.2) is 4.98 Å². The SMILES string of the molecule is Cc1cccc2[nH]c(C3CCN(C(=O)C4(Cn5cccn5)CC4)CC3)nc12. The minimum Gasteiger partial charge on any atom is -0.342 e. The van der Waals surface area contributed by atoms with Crippen LogP contribution in [-0.4, -0.2) is 43.6 Å². The lowest BCUT2D eigenvalue weighted by Crippen LogP contribution is -2.43. The van der Waals surface area contributed by atoms with Gasteiger partial charge in [0.15, 0.2) is 0 Å². The monoisotopic (exact) mass is 363 g/mol. The second kappa shape index (κ2) is 6.22. The van der Waals surface area contributed by atoms with Gasteiger partial charge in [0, 0.05) is 31.4 Å². The number of hydrogen-bond donors (Lipinski definition) is 1. The third-order valence-electron chi connectivity index (χ3n) is 6.23. The van der Waals surface area contributed by atoms with Crippen molar-refractivity contribution in [3.05, 3.63) is 48.0 Å². The van der Waals surface area contributed by atoms with Gasteiger partial charge in [-0.05, 0) is 50.3 Å². The summed E-state index contributed by atoms with van der Waals surface area (Å²) in [6.45, 7) is 4.45. The molecule has 6 heteroatoms. The minimum absolute atomic E-state index is 0.213. The number of hydrogen-bond acceptors (Lipinski definition) is 3. The Kier molecular flexibility index (Phi) is 3.81. The van der Waals surface area contributed by atoms with Crippen LogP contribution in [0.1, 0.15) is 43.0 Å². The number of benzene rings is 1. The van der Waals surface area contributed by atoms with E-state index in [2.05, 4.69) is 40.1 Å². The largest absolute Gasteiger partial charge is 0.342 e. The molecule has 1 amide bonds. The highest BCUT2D eigenvalue weighted by Gasteiger charge is 2.52. The van der Waals surface area contributed by atoms with Crippen molar-refractivity contribution in [3.8, 4) is 0 Å². The summed E-state index contributed by atoms with van der Waals surface area (Å²) in [6, 6.07) is 8.17. The van der Waals surface area contributed by atoms with Crippen molar-refractivity contribution in [2.75, 3.05) is 13.1 Å². The van der Waals surface area contributed by atoms with E-state index in [4.69, 9.17) is 4.98 Å². The van der Waals surface area contributed by atoms with Gasteiger partial charge in [0.2, 0.25) is 5.91 Å². The van der Waals surface area contributed by atoms with E-state index in [1.165, 1.54) is 5.56 Å². The van der Waals surface area contributed by atoms with Crippen molar-refractivity contribution in [2.45, 2.75) is 45.1 Å². The Morgan fingerprint density at radius 1 is 1.26 bits per heavy atom. The second-order valence-electron chi connectivity index (χ2n) is 8.14. The lowest BCUT2D eigenvalue weighted by molar-refractivity contribution is -0.138. The Hall–Kier alpha value is -2.63. The van der Waals surface area contributed by atoms with Crippen molar-refractivity contribution in [2.24, 2.45) is 5.41 Å². The van der Waals surface area contributed by atoms with E-state index in [1.54, 1.807) is 6.20 Å². The smallest absolute Gasteiger partial charge is 0.230 e. The Balaban J connectivity index is 1.26. The van der Waals surface area contributed by atoms with Crippen LogP contribution < -0.4 is 0 Å². The summed E-state index contributed by atoms with van der Waals surface area (Å²) in [4.78, 5) is 23.5. The highest BCUT2D eigenvalue weighted by Crippen LogP contribution is 2.49. The number of fused-ring (bicyclic) bond motifs is 1. The summed E-state index contributed by atoms with van der Waals surface area (Å²) >= 11 is 0. The maximum Gasteiger partial charge on any atom is 0.230 e. The van der Waals surface area contributed by atoms with Gasteiger partial charge in [0.1, 0.15) is 5.82 Å². The maximum atomic E-state index is 13.1. The number of rotatable bonds is 4. The minimum atomic E-state index is -0.213. The third-order valence-corrected chi connectivity index (χ3v) is 6.23. The number of nitrogens with one attached hydrogen (secondary N) is 1. The van der Waals surface area contributed by atoms with E-state index in [1.807, 2.05) is 16.9 Å². The Morgan fingerprint density at radius 3 is 2.74 bits per heavy atom. The average molecular weight is 363 g/mol. The van der Waals surface area contributed by atoms with Gasteiger partial charge in [0.25, 0.3) is 0 Å². The molecule has 1 saturated carbocycles. The summed E-state index contributed by atoms with van der Waals surface area (Å²) in [5.74, 6) is 1.79. The number of nitrogens with zero attached hydrogens (tertiary/aromatic N) is 4. The number of aromatic nitrogens is 4. The summed E-state index contributed by atoms with van der Waals surface area (Å²) in [6.07, 6.45) is 7.64. The van der Waals surface area contributed by atoms with Crippen molar-refractivity contribution >= 4 is 16.9 Å². The van der Waals surface area contributed by atoms with E-state index < -0.39 is 0 Å². The molecule has 1 aliphatic heterocycles. The zero-order valence-electron chi connectivity index (χ0n) is 15.7. The summed E-state index contributed by atoms with van der Waals surface area (Å²) in [5.41, 5.74) is 3.17. The molecule has 140 valence electrons. The molecule has 3 aromatic rings. The van der Waals surface area contributed by atoms with Crippen LogP contribution in [0.3, 0.4) is 0 Å². The lowest BCUT2D eigenvalue weighted by atomic mass is 9.94. The second-order valence-corrected chi connectivity index (χ2v) is 8.14. The van der Waals surface area contributed by atoms with Gasteiger partial charge in [0.05, 0.1) is 23.0 Å². The Labute approximate surface area is 158 Å². The quantitative estimate of drug-likeness (QED) is 0.774. The van der Waals surface area contributed by atoms with Crippen LogP contribution in [0.4, 0.5) is 0 Å². The zero-order chi connectivity index (χ0) is 18.4. The molecule has 0 atom stereocenters. The van der Waals surface area contributed by atoms with E-state index in [-0.39, 0.29) is 5.41 Å². The van der Waals surface area contributed by atoms with Crippen molar-refractivity contribution in [3.63, 3.8) is 0 Å². The summed E-state index contributed by atoms with van der Waals surface area (Å²) in [5, 5.41) is 4.28. The molecule has 0 radical (unpaired) electrons. The number of likely N-dealkylation sites (tertiary alicyclic amines) is 1. The molecule has 2 aromatic heterocycles. The molecule has 3 heterocycles. The van der Waals surface area contributed by atoms with Crippen LogP contribution in [0.25, 0.3) is 11.0 Å². The van der Waals surface area contributed by atoms with Gasteiger partial charge in [-0.2, -0.15) is 5.10 Å². The number of aryl methyl sites for hydroxylation is 1. The molecule has 27 heavy (non-hydrogen) atoms. The molecular weight excluding hydrogens is 338 g/mol. The maximum absolute atomic E-state index is 13.1. The Bertz CT molecular complexity index is 962. The molecule has 2 fully saturated rings. The first kappa shape index (κ1) is 16.5. The molecule has 1 saturated heterocycles.